The van der Waals surface area contributed by atoms with Crippen LogP contribution in [0.5, 0.6) is 5.75 Å². The zero-order valence-electron chi connectivity index (χ0n) is 20.6. The smallest absolute Gasteiger partial charge is 0.118 e. The Kier molecular flexibility index (Phi) is 8.38. The first-order chi connectivity index (χ1) is 16.6. The van der Waals surface area contributed by atoms with E-state index in [1.54, 1.807) is 7.11 Å². The van der Waals surface area contributed by atoms with Crippen molar-refractivity contribution >= 4 is 13.3 Å². The molecule has 0 saturated heterocycles. The van der Waals surface area contributed by atoms with Gasteiger partial charge in [0.1, 0.15) is 5.75 Å². The number of benzene rings is 3. The van der Waals surface area contributed by atoms with E-state index < -0.39 is 8.07 Å². The Morgan fingerprint density at radius 1 is 0.735 bits per heavy atom. The number of hydrogen-bond donors (Lipinski definition) is 0. The molecule has 3 aromatic carbocycles. The third-order valence-electron chi connectivity index (χ3n) is 7.15. The summed E-state index contributed by atoms with van der Waals surface area (Å²) in [5.41, 5.74) is 4.37. The van der Waals surface area contributed by atoms with Crippen LogP contribution in [-0.4, -0.2) is 28.4 Å². The van der Waals surface area contributed by atoms with E-state index in [4.69, 9.17) is 14.2 Å². The first-order valence-electron chi connectivity index (χ1n) is 12.1. The molecule has 0 radical (unpaired) electrons. The van der Waals surface area contributed by atoms with Crippen molar-refractivity contribution < 1.29 is 14.2 Å². The van der Waals surface area contributed by atoms with Crippen molar-refractivity contribution in [1.82, 2.24) is 0 Å². The lowest BCUT2D eigenvalue weighted by atomic mass is 10.0. The number of ether oxygens (including phenoxy) is 3. The highest BCUT2D eigenvalue weighted by atomic mass is 28.3. The van der Waals surface area contributed by atoms with Crippen molar-refractivity contribution in [3.63, 3.8) is 0 Å². The normalized spacial score (nSPS) is 18.0. The molecule has 0 fully saturated rings. The topological polar surface area (TPSA) is 27.7 Å². The maximum Gasteiger partial charge on any atom is 0.118 e. The van der Waals surface area contributed by atoms with E-state index in [-0.39, 0.29) is 0 Å². The molecule has 0 bridgehead atoms. The van der Waals surface area contributed by atoms with Crippen molar-refractivity contribution in [3.05, 3.63) is 108 Å². The summed E-state index contributed by atoms with van der Waals surface area (Å²) in [5.74, 6) is 1.26. The van der Waals surface area contributed by atoms with Crippen molar-refractivity contribution in [2.24, 2.45) is 5.92 Å². The fraction of sp³-hybridized carbons (Fsp3) is 0.333. The molecular weight excluding hydrogens is 436 g/mol. The number of rotatable bonds is 11. The van der Waals surface area contributed by atoms with Crippen LogP contribution >= 0.6 is 0 Å². The predicted octanol–water partition coefficient (Wildman–Crippen LogP) is 6.36. The van der Waals surface area contributed by atoms with Crippen LogP contribution in [0.4, 0.5) is 0 Å². The van der Waals surface area contributed by atoms with Crippen LogP contribution in [0.1, 0.15) is 17.5 Å². The van der Waals surface area contributed by atoms with Gasteiger partial charge in [-0.25, -0.2) is 0 Å². The minimum atomic E-state index is -1.70. The van der Waals surface area contributed by atoms with Crippen molar-refractivity contribution in [2.75, 3.05) is 20.3 Å². The summed E-state index contributed by atoms with van der Waals surface area (Å²) in [6, 6.07) is 29.6. The van der Waals surface area contributed by atoms with Gasteiger partial charge in [0.2, 0.25) is 0 Å². The highest BCUT2D eigenvalue weighted by Gasteiger charge is 2.42. The molecule has 4 heteroatoms. The van der Waals surface area contributed by atoms with Gasteiger partial charge in [0.15, 0.2) is 0 Å². The molecule has 1 aliphatic carbocycles. The second kappa shape index (κ2) is 11.7. The molecule has 0 heterocycles. The van der Waals surface area contributed by atoms with Gasteiger partial charge in [-0.15, -0.1) is 0 Å². The Hall–Kier alpha value is -2.66. The van der Waals surface area contributed by atoms with Crippen molar-refractivity contribution in [2.45, 2.75) is 38.3 Å². The quantitative estimate of drug-likeness (QED) is 0.240. The minimum Gasteiger partial charge on any atom is -0.497 e. The fourth-order valence-electron chi connectivity index (χ4n) is 5.01. The van der Waals surface area contributed by atoms with Gasteiger partial charge in [0.05, 0.1) is 41.6 Å². The van der Waals surface area contributed by atoms with Gasteiger partial charge in [-0.05, 0) is 40.8 Å². The number of hydrogen-bond acceptors (Lipinski definition) is 3. The van der Waals surface area contributed by atoms with E-state index in [0.717, 1.165) is 24.3 Å². The molecule has 0 saturated carbocycles. The van der Waals surface area contributed by atoms with Gasteiger partial charge < -0.3 is 14.2 Å². The van der Waals surface area contributed by atoms with Crippen LogP contribution in [-0.2, 0) is 22.7 Å². The zero-order valence-corrected chi connectivity index (χ0v) is 21.6. The third-order valence-corrected chi connectivity index (χ3v) is 11.5. The van der Waals surface area contributed by atoms with Crippen LogP contribution in [0, 0.1) is 5.92 Å². The lowest BCUT2D eigenvalue weighted by Gasteiger charge is -2.36. The molecule has 178 valence electrons. The van der Waals surface area contributed by atoms with Gasteiger partial charge in [-0.1, -0.05) is 97.2 Å². The Labute approximate surface area is 205 Å². The Balaban J connectivity index is 1.42. The fourth-order valence-corrected chi connectivity index (χ4v) is 8.51. The molecule has 0 aliphatic heterocycles. The molecular formula is C30H36O3Si. The zero-order chi connectivity index (χ0) is 23.8. The van der Waals surface area contributed by atoms with Crippen molar-refractivity contribution in [3.8, 4) is 5.75 Å². The Bertz CT molecular complexity index is 1050. The number of methoxy groups -OCH3 is 1. The van der Waals surface area contributed by atoms with Crippen LogP contribution in [0.3, 0.4) is 0 Å². The monoisotopic (exact) mass is 472 g/mol. The average Bonchev–Trinajstić information content (AvgIpc) is 3.29. The summed E-state index contributed by atoms with van der Waals surface area (Å²) in [6.45, 7) is 7.65. The van der Waals surface area contributed by atoms with Crippen LogP contribution in [0.2, 0.25) is 18.6 Å². The molecule has 3 aromatic rings. The molecule has 0 aromatic heterocycles. The summed E-state index contributed by atoms with van der Waals surface area (Å²) < 4.78 is 17.7. The molecule has 2 atom stereocenters. The van der Waals surface area contributed by atoms with Crippen LogP contribution in [0.25, 0.3) is 0 Å². The largest absolute Gasteiger partial charge is 0.497 e. The van der Waals surface area contributed by atoms with E-state index in [1.807, 2.05) is 18.2 Å². The molecule has 0 amide bonds. The van der Waals surface area contributed by atoms with E-state index in [1.165, 1.54) is 16.3 Å². The standard InChI is InChI=1S/C30H36O3Si/c1-31-27-17-14-25(15-18-27)21-32-22-26-16-19-30(34(2,3)28-12-8-5-9-13-28)29(26)23-33-20-24-10-6-4-7-11-24/h4-18,29-30H,19-23H2,1-3H3/t29-,30-/m0/s1. The SMILES string of the molecule is COc1ccc(COCC2=CC[C@H]([Si](C)(C)c3ccccc3)[C@H]2COCc2ccccc2)cc1. The highest BCUT2D eigenvalue weighted by molar-refractivity contribution is 6.91. The van der Waals surface area contributed by atoms with E-state index in [0.29, 0.717) is 31.3 Å². The summed E-state index contributed by atoms with van der Waals surface area (Å²) in [6.07, 6.45) is 3.53. The molecule has 0 N–H and O–H groups in total. The second-order valence-corrected chi connectivity index (χ2v) is 14.4. The van der Waals surface area contributed by atoms with Gasteiger partial charge in [0.25, 0.3) is 0 Å². The Morgan fingerprint density at radius 2 is 1.35 bits per heavy atom. The molecule has 4 rings (SSSR count). The molecule has 3 nitrogen and oxygen atoms in total. The average molecular weight is 473 g/mol. The van der Waals surface area contributed by atoms with Gasteiger partial charge >= 0.3 is 0 Å². The van der Waals surface area contributed by atoms with E-state index in [2.05, 4.69) is 85.9 Å². The first kappa shape index (κ1) is 24.5. The van der Waals surface area contributed by atoms with Gasteiger partial charge in [0, 0.05) is 5.92 Å². The summed E-state index contributed by atoms with van der Waals surface area (Å²) in [5, 5.41) is 1.52. The van der Waals surface area contributed by atoms with Crippen LogP contribution in [0.15, 0.2) is 96.6 Å². The van der Waals surface area contributed by atoms with Crippen molar-refractivity contribution in [1.29, 1.82) is 0 Å². The first-order valence-corrected chi connectivity index (χ1v) is 15.2. The summed E-state index contributed by atoms with van der Waals surface area (Å²) >= 11 is 0. The molecule has 34 heavy (non-hydrogen) atoms. The van der Waals surface area contributed by atoms with Crippen LogP contribution < -0.4 is 9.92 Å². The predicted molar refractivity (Wildman–Crippen MR) is 142 cm³/mol. The summed E-state index contributed by atoms with van der Waals surface area (Å²) in [7, 11) is -0.00652. The molecule has 0 spiro atoms. The lowest BCUT2D eigenvalue weighted by Crippen LogP contribution is -2.48. The minimum absolute atomic E-state index is 0.390. The second-order valence-electron chi connectivity index (χ2n) is 9.66. The Morgan fingerprint density at radius 3 is 2.03 bits per heavy atom. The molecule has 0 unspecified atom stereocenters. The highest BCUT2D eigenvalue weighted by Crippen LogP contribution is 2.43. The van der Waals surface area contributed by atoms with Gasteiger partial charge in [-0.2, -0.15) is 0 Å². The summed E-state index contributed by atoms with van der Waals surface area (Å²) in [4.78, 5) is 0. The maximum atomic E-state index is 6.30. The van der Waals surface area contributed by atoms with E-state index in [9.17, 15) is 0 Å². The lowest BCUT2D eigenvalue weighted by molar-refractivity contribution is 0.0846. The molecule has 1 aliphatic rings. The maximum absolute atomic E-state index is 6.30. The number of allylic oxidation sites excluding steroid dienone is 1. The van der Waals surface area contributed by atoms with E-state index >= 15 is 0 Å². The van der Waals surface area contributed by atoms with Gasteiger partial charge in [-0.3, -0.25) is 0 Å². The third kappa shape index (κ3) is 6.06.